The fourth-order valence-corrected chi connectivity index (χ4v) is 2.73. The van der Waals surface area contributed by atoms with E-state index in [0.29, 0.717) is 28.3 Å². The van der Waals surface area contributed by atoms with E-state index in [2.05, 4.69) is 15.8 Å². The standard InChI is InChI=1S/C22H16FN3O4/c23-17-6-2-15(3-7-17)21(27)25-18-8-4-16(5-9-18)22(28)26-24-12-14-1-10-19-20(11-14)30-13-29-19/h1-12H,13H2,(H,25,27)(H,26,28)/b24-12-. The largest absolute Gasteiger partial charge is 0.454 e. The smallest absolute Gasteiger partial charge is 0.271 e. The van der Waals surface area contributed by atoms with Gasteiger partial charge in [-0.15, -0.1) is 0 Å². The van der Waals surface area contributed by atoms with Gasteiger partial charge in [0.2, 0.25) is 6.79 Å². The predicted molar refractivity (Wildman–Crippen MR) is 108 cm³/mol. The van der Waals surface area contributed by atoms with E-state index >= 15 is 0 Å². The lowest BCUT2D eigenvalue weighted by Gasteiger charge is -2.06. The fourth-order valence-electron chi connectivity index (χ4n) is 2.73. The average molecular weight is 405 g/mol. The van der Waals surface area contributed by atoms with Gasteiger partial charge in [0.1, 0.15) is 5.82 Å². The summed E-state index contributed by atoms with van der Waals surface area (Å²) in [5.41, 5.74) is 4.40. The number of halogens is 1. The van der Waals surface area contributed by atoms with Crippen LogP contribution >= 0.6 is 0 Å². The first-order valence-electron chi connectivity index (χ1n) is 8.98. The highest BCUT2D eigenvalue weighted by Crippen LogP contribution is 2.31. The molecule has 3 aromatic rings. The summed E-state index contributed by atoms with van der Waals surface area (Å²) in [5, 5.41) is 6.62. The SMILES string of the molecule is O=C(N/N=C\c1ccc2c(c1)OCO2)c1ccc(NC(=O)c2ccc(F)cc2)cc1. The predicted octanol–water partition coefficient (Wildman–Crippen LogP) is 3.57. The van der Waals surface area contributed by atoms with Crippen LogP contribution in [-0.2, 0) is 0 Å². The minimum atomic E-state index is -0.414. The first-order chi connectivity index (χ1) is 14.6. The van der Waals surface area contributed by atoms with Crippen molar-refractivity contribution in [3.05, 3.63) is 89.2 Å². The molecule has 0 saturated carbocycles. The summed E-state index contributed by atoms with van der Waals surface area (Å²) in [7, 11) is 0. The van der Waals surface area contributed by atoms with E-state index in [9.17, 15) is 14.0 Å². The van der Waals surface area contributed by atoms with E-state index in [1.54, 1.807) is 42.5 Å². The molecule has 4 rings (SSSR count). The Hall–Kier alpha value is -4.20. The molecule has 3 aromatic carbocycles. The molecule has 1 aliphatic rings. The molecular formula is C22H16FN3O4. The second-order valence-corrected chi connectivity index (χ2v) is 6.35. The molecule has 0 aliphatic carbocycles. The maximum absolute atomic E-state index is 12.9. The molecule has 0 atom stereocenters. The summed E-state index contributed by atoms with van der Waals surface area (Å²) < 4.78 is 23.5. The van der Waals surface area contributed by atoms with E-state index < -0.39 is 11.7 Å². The van der Waals surface area contributed by atoms with Gasteiger partial charge in [-0.1, -0.05) is 0 Å². The first kappa shape index (κ1) is 19.1. The maximum atomic E-state index is 12.9. The summed E-state index contributed by atoms with van der Waals surface area (Å²) in [6.07, 6.45) is 1.50. The zero-order chi connectivity index (χ0) is 20.9. The molecule has 0 bridgehead atoms. The van der Waals surface area contributed by atoms with Crippen LogP contribution < -0.4 is 20.2 Å². The Morgan fingerprint density at radius 2 is 1.53 bits per heavy atom. The molecule has 0 radical (unpaired) electrons. The number of ether oxygens (including phenoxy) is 2. The van der Waals surface area contributed by atoms with Crippen LogP contribution in [0.1, 0.15) is 26.3 Å². The van der Waals surface area contributed by atoms with E-state index in [4.69, 9.17) is 9.47 Å². The Balaban J connectivity index is 1.33. The summed E-state index contributed by atoms with van der Waals surface area (Å²) >= 11 is 0. The van der Waals surface area contributed by atoms with Crippen LogP contribution in [0.4, 0.5) is 10.1 Å². The summed E-state index contributed by atoms with van der Waals surface area (Å²) in [5.74, 6) is 0.110. The molecule has 7 nitrogen and oxygen atoms in total. The third-order valence-corrected chi connectivity index (χ3v) is 4.29. The van der Waals surface area contributed by atoms with Crippen molar-refractivity contribution in [1.29, 1.82) is 0 Å². The minimum Gasteiger partial charge on any atom is -0.454 e. The van der Waals surface area contributed by atoms with Crippen LogP contribution in [0.5, 0.6) is 11.5 Å². The molecule has 0 aromatic heterocycles. The molecule has 2 amide bonds. The molecule has 8 heteroatoms. The van der Waals surface area contributed by atoms with Gasteiger partial charge in [-0.2, -0.15) is 5.10 Å². The van der Waals surface area contributed by atoms with E-state index in [-0.39, 0.29) is 12.7 Å². The van der Waals surface area contributed by atoms with Crippen molar-refractivity contribution in [3.63, 3.8) is 0 Å². The number of nitrogens with one attached hydrogen (secondary N) is 2. The Kier molecular flexibility index (Phi) is 5.38. The van der Waals surface area contributed by atoms with Gasteiger partial charge in [0, 0.05) is 16.8 Å². The van der Waals surface area contributed by atoms with Gasteiger partial charge >= 0.3 is 0 Å². The highest BCUT2D eigenvalue weighted by Gasteiger charge is 2.12. The van der Waals surface area contributed by atoms with Crippen LogP contribution in [0, 0.1) is 5.82 Å². The lowest BCUT2D eigenvalue weighted by atomic mass is 10.1. The number of hydrazone groups is 1. The third kappa shape index (κ3) is 4.44. The van der Waals surface area contributed by atoms with Crippen molar-refractivity contribution in [2.45, 2.75) is 0 Å². The monoisotopic (exact) mass is 405 g/mol. The molecule has 0 unspecified atom stereocenters. The number of carbonyl (C=O) groups excluding carboxylic acids is 2. The van der Waals surface area contributed by atoms with Crippen LogP contribution in [-0.4, -0.2) is 24.8 Å². The van der Waals surface area contributed by atoms with Crippen molar-refractivity contribution < 1.29 is 23.5 Å². The molecule has 1 aliphatic heterocycles. The first-order valence-corrected chi connectivity index (χ1v) is 8.98. The average Bonchev–Trinajstić information content (AvgIpc) is 3.22. The normalized spacial score (nSPS) is 12.0. The van der Waals surface area contributed by atoms with Gasteiger partial charge in [0.05, 0.1) is 6.21 Å². The Morgan fingerprint density at radius 1 is 0.867 bits per heavy atom. The zero-order valence-corrected chi connectivity index (χ0v) is 15.6. The summed E-state index contributed by atoms with van der Waals surface area (Å²) in [6.45, 7) is 0.188. The summed E-state index contributed by atoms with van der Waals surface area (Å²) in [6, 6.07) is 16.9. The molecule has 1 heterocycles. The van der Waals surface area contributed by atoms with Gasteiger partial charge < -0.3 is 14.8 Å². The summed E-state index contributed by atoms with van der Waals surface area (Å²) in [4.78, 5) is 24.4. The van der Waals surface area contributed by atoms with Crippen molar-refractivity contribution >= 4 is 23.7 Å². The second kappa shape index (κ2) is 8.44. The highest BCUT2D eigenvalue weighted by atomic mass is 19.1. The number of anilines is 1. The molecule has 0 fully saturated rings. The van der Waals surface area contributed by atoms with E-state index in [0.717, 1.165) is 5.56 Å². The number of benzene rings is 3. The lowest BCUT2D eigenvalue weighted by Crippen LogP contribution is -2.17. The Morgan fingerprint density at radius 3 is 2.30 bits per heavy atom. The Bertz CT molecular complexity index is 1110. The van der Waals surface area contributed by atoms with Gasteiger partial charge in [0.25, 0.3) is 11.8 Å². The molecule has 150 valence electrons. The molecular weight excluding hydrogens is 389 g/mol. The van der Waals surface area contributed by atoms with Gasteiger partial charge in [-0.05, 0) is 72.3 Å². The van der Waals surface area contributed by atoms with Crippen LogP contribution in [0.2, 0.25) is 0 Å². The lowest BCUT2D eigenvalue weighted by molar-refractivity contribution is 0.0954. The van der Waals surface area contributed by atoms with Crippen molar-refractivity contribution in [3.8, 4) is 11.5 Å². The highest BCUT2D eigenvalue weighted by molar-refractivity contribution is 6.04. The quantitative estimate of drug-likeness (QED) is 0.502. The Labute approximate surface area is 171 Å². The maximum Gasteiger partial charge on any atom is 0.271 e. The fraction of sp³-hybridized carbons (Fsp3) is 0.0455. The topological polar surface area (TPSA) is 89.0 Å². The number of amides is 2. The second-order valence-electron chi connectivity index (χ2n) is 6.35. The number of rotatable bonds is 5. The number of carbonyl (C=O) groups is 2. The zero-order valence-electron chi connectivity index (χ0n) is 15.6. The van der Waals surface area contributed by atoms with Gasteiger partial charge in [-0.25, -0.2) is 9.82 Å². The number of hydrogen-bond donors (Lipinski definition) is 2. The van der Waals surface area contributed by atoms with Crippen molar-refractivity contribution in [2.24, 2.45) is 5.10 Å². The third-order valence-electron chi connectivity index (χ3n) is 4.29. The van der Waals surface area contributed by atoms with Crippen LogP contribution in [0.25, 0.3) is 0 Å². The molecule has 2 N–H and O–H groups in total. The molecule has 0 saturated heterocycles. The minimum absolute atomic E-state index is 0.188. The molecule has 30 heavy (non-hydrogen) atoms. The van der Waals surface area contributed by atoms with Gasteiger partial charge in [-0.3, -0.25) is 9.59 Å². The van der Waals surface area contributed by atoms with E-state index in [1.165, 1.54) is 30.5 Å². The molecule has 0 spiro atoms. The van der Waals surface area contributed by atoms with Crippen LogP contribution in [0.3, 0.4) is 0 Å². The number of nitrogens with zero attached hydrogens (tertiary/aromatic N) is 1. The van der Waals surface area contributed by atoms with E-state index in [1.807, 2.05) is 0 Å². The van der Waals surface area contributed by atoms with Gasteiger partial charge in [0.15, 0.2) is 11.5 Å². The van der Waals surface area contributed by atoms with Crippen molar-refractivity contribution in [2.75, 3.05) is 12.1 Å². The van der Waals surface area contributed by atoms with Crippen molar-refractivity contribution in [1.82, 2.24) is 5.43 Å². The van der Waals surface area contributed by atoms with Crippen LogP contribution in [0.15, 0.2) is 71.8 Å². The number of fused-ring (bicyclic) bond motifs is 1. The number of hydrogen-bond acceptors (Lipinski definition) is 5.